The normalized spacial score (nSPS) is 10.7. The van der Waals surface area contributed by atoms with Crippen LogP contribution >= 0.6 is 0 Å². The maximum Gasteiger partial charge on any atom is 0.328 e. The number of carbonyl (C=O) groups excluding carboxylic acids is 1. The summed E-state index contributed by atoms with van der Waals surface area (Å²) in [7, 11) is 0. The van der Waals surface area contributed by atoms with Crippen molar-refractivity contribution in [1.29, 1.82) is 0 Å². The van der Waals surface area contributed by atoms with E-state index in [0.29, 0.717) is 11.4 Å². The number of H-pyrrole nitrogens is 1. The first-order valence-corrected chi connectivity index (χ1v) is 5.89. The molecule has 1 amide bonds. The Morgan fingerprint density at radius 3 is 2.55 bits per heavy atom. The summed E-state index contributed by atoms with van der Waals surface area (Å²) in [6.07, 6.45) is 2.53. The number of hydrogen-bond acceptors (Lipinski definition) is 3. The highest BCUT2D eigenvalue weighted by Gasteiger charge is 2.09. The number of nitrogens with one attached hydrogen (secondary N) is 2. The third-order valence-electron chi connectivity index (χ3n) is 2.53. The molecule has 2 aromatic rings. The molecule has 0 bridgehead atoms. The Morgan fingerprint density at radius 2 is 2.00 bits per heavy atom. The van der Waals surface area contributed by atoms with Gasteiger partial charge in [-0.2, -0.15) is 5.10 Å². The summed E-state index contributed by atoms with van der Waals surface area (Å²) in [5, 5.41) is 17.8. The smallest absolute Gasteiger partial charge is 0.328 e. The zero-order chi connectivity index (χ0) is 14.5. The lowest BCUT2D eigenvalue weighted by Gasteiger charge is -2.03. The number of carboxylic acids is 1. The van der Waals surface area contributed by atoms with Crippen LogP contribution in [-0.2, 0) is 4.79 Å². The van der Waals surface area contributed by atoms with Gasteiger partial charge in [-0.05, 0) is 36.8 Å². The van der Waals surface area contributed by atoms with Crippen LogP contribution in [0.2, 0.25) is 0 Å². The van der Waals surface area contributed by atoms with Crippen LogP contribution in [0.25, 0.3) is 6.08 Å². The predicted molar refractivity (Wildman–Crippen MR) is 74.4 cm³/mol. The summed E-state index contributed by atoms with van der Waals surface area (Å²) in [4.78, 5) is 22.2. The molecule has 1 aromatic carbocycles. The summed E-state index contributed by atoms with van der Waals surface area (Å²) in [5.74, 6) is -1.31. The lowest BCUT2D eigenvalue weighted by molar-refractivity contribution is -0.131. The molecule has 0 radical (unpaired) electrons. The van der Waals surface area contributed by atoms with Crippen molar-refractivity contribution in [3.8, 4) is 0 Å². The summed E-state index contributed by atoms with van der Waals surface area (Å²) in [6.45, 7) is 1.81. The van der Waals surface area contributed by atoms with E-state index < -0.39 is 5.97 Å². The minimum absolute atomic E-state index is 0.303. The van der Waals surface area contributed by atoms with Gasteiger partial charge in [0.15, 0.2) is 5.69 Å². The fourth-order valence-electron chi connectivity index (χ4n) is 1.57. The minimum Gasteiger partial charge on any atom is -0.478 e. The fourth-order valence-corrected chi connectivity index (χ4v) is 1.57. The number of rotatable bonds is 4. The summed E-state index contributed by atoms with van der Waals surface area (Å²) in [5.41, 5.74) is 2.48. The van der Waals surface area contributed by atoms with Crippen molar-refractivity contribution in [1.82, 2.24) is 10.2 Å². The molecular weight excluding hydrogens is 258 g/mol. The van der Waals surface area contributed by atoms with Gasteiger partial charge in [-0.15, -0.1) is 0 Å². The van der Waals surface area contributed by atoms with Gasteiger partial charge in [0, 0.05) is 17.5 Å². The average molecular weight is 271 g/mol. The standard InChI is InChI=1S/C14H13N3O3/c1-9-8-12(17-16-9)14(20)15-11-5-2-10(3-6-11)4-7-13(18)19/h2-8H,1H3,(H,15,20)(H,16,17)(H,18,19)/b7-4+. The van der Waals surface area contributed by atoms with Crippen molar-refractivity contribution in [2.75, 3.05) is 5.32 Å². The average Bonchev–Trinajstić information content (AvgIpc) is 2.85. The Morgan fingerprint density at radius 1 is 1.30 bits per heavy atom. The van der Waals surface area contributed by atoms with Gasteiger partial charge >= 0.3 is 5.97 Å². The molecule has 0 saturated carbocycles. The highest BCUT2D eigenvalue weighted by Crippen LogP contribution is 2.12. The molecule has 0 atom stereocenters. The third-order valence-corrected chi connectivity index (χ3v) is 2.53. The Labute approximate surface area is 115 Å². The van der Waals surface area contributed by atoms with Crippen molar-refractivity contribution in [3.63, 3.8) is 0 Å². The predicted octanol–water partition coefficient (Wildman–Crippen LogP) is 2.07. The Hall–Kier alpha value is -2.89. The van der Waals surface area contributed by atoms with E-state index in [2.05, 4.69) is 15.5 Å². The van der Waals surface area contributed by atoms with E-state index in [1.807, 2.05) is 6.92 Å². The fraction of sp³-hybridized carbons (Fsp3) is 0.0714. The van der Waals surface area contributed by atoms with Crippen LogP contribution in [0.1, 0.15) is 21.7 Å². The first-order chi connectivity index (χ1) is 9.54. The number of hydrogen-bond donors (Lipinski definition) is 3. The topological polar surface area (TPSA) is 95.1 Å². The van der Waals surface area contributed by atoms with E-state index in [0.717, 1.165) is 17.3 Å². The van der Waals surface area contributed by atoms with E-state index in [1.165, 1.54) is 6.08 Å². The summed E-state index contributed by atoms with van der Waals surface area (Å²) in [6, 6.07) is 8.47. The van der Waals surface area contributed by atoms with Crippen LogP contribution in [0.3, 0.4) is 0 Å². The summed E-state index contributed by atoms with van der Waals surface area (Å²) < 4.78 is 0. The van der Waals surface area contributed by atoms with Crippen LogP contribution in [0.4, 0.5) is 5.69 Å². The van der Waals surface area contributed by atoms with Crippen molar-refractivity contribution in [2.45, 2.75) is 6.92 Å². The maximum atomic E-state index is 11.8. The molecule has 1 heterocycles. The lowest BCUT2D eigenvalue weighted by Crippen LogP contribution is -2.12. The number of aliphatic carboxylic acids is 1. The quantitative estimate of drug-likeness (QED) is 0.742. The van der Waals surface area contributed by atoms with Crippen LogP contribution in [-0.4, -0.2) is 27.2 Å². The highest BCUT2D eigenvalue weighted by atomic mass is 16.4. The van der Waals surface area contributed by atoms with E-state index in [-0.39, 0.29) is 5.91 Å². The largest absolute Gasteiger partial charge is 0.478 e. The Bertz CT molecular complexity index is 657. The molecule has 6 nitrogen and oxygen atoms in total. The molecule has 20 heavy (non-hydrogen) atoms. The number of aryl methyl sites for hydroxylation is 1. The Balaban J connectivity index is 2.03. The number of nitrogens with zero attached hydrogens (tertiary/aromatic N) is 1. The van der Waals surface area contributed by atoms with Crippen molar-refractivity contribution < 1.29 is 14.7 Å². The molecule has 1 aromatic heterocycles. The van der Waals surface area contributed by atoms with Crippen LogP contribution in [0.5, 0.6) is 0 Å². The molecule has 0 aliphatic rings. The lowest BCUT2D eigenvalue weighted by atomic mass is 10.2. The maximum absolute atomic E-state index is 11.8. The van der Waals surface area contributed by atoms with Crippen LogP contribution in [0, 0.1) is 6.92 Å². The summed E-state index contributed by atoms with van der Waals surface area (Å²) >= 11 is 0. The van der Waals surface area contributed by atoms with Gasteiger partial charge in [-0.1, -0.05) is 12.1 Å². The second-order valence-corrected chi connectivity index (χ2v) is 4.18. The number of amides is 1. The van der Waals surface area contributed by atoms with E-state index in [4.69, 9.17) is 5.11 Å². The first-order valence-electron chi connectivity index (χ1n) is 5.89. The number of carboxylic acid groups (broad SMARTS) is 1. The zero-order valence-electron chi connectivity index (χ0n) is 10.8. The molecule has 2 rings (SSSR count). The van der Waals surface area contributed by atoms with Crippen molar-refractivity contribution in [3.05, 3.63) is 53.4 Å². The number of anilines is 1. The van der Waals surface area contributed by atoms with Gasteiger partial charge in [-0.3, -0.25) is 9.89 Å². The SMILES string of the molecule is Cc1cc(C(=O)Nc2ccc(/C=C/C(=O)O)cc2)n[nH]1. The van der Waals surface area contributed by atoms with Gasteiger partial charge < -0.3 is 10.4 Å². The molecule has 102 valence electrons. The second-order valence-electron chi connectivity index (χ2n) is 4.18. The molecule has 0 fully saturated rings. The number of carbonyl (C=O) groups is 2. The number of aromatic amines is 1. The van der Waals surface area contributed by atoms with E-state index in [9.17, 15) is 9.59 Å². The molecule has 0 aliphatic carbocycles. The van der Waals surface area contributed by atoms with E-state index >= 15 is 0 Å². The van der Waals surface area contributed by atoms with Gasteiger partial charge in [-0.25, -0.2) is 4.79 Å². The molecule has 0 spiro atoms. The minimum atomic E-state index is -1.00. The second kappa shape index (κ2) is 5.83. The molecule has 0 unspecified atom stereocenters. The zero-order valence-corrected chi connectivity index (χ0v) is 10.8. The number of aromatic nitrogens is 2. The van der Waals surface area contributed by atoms with Gasteiger partial charge in [0.05, 0.1) is 0 Å². The highest BCUT2D eigenvalue weighted by molar-refractivity contribution is 6.02. The van der Waals surface area contributed by atoms with Gasteiger partial charge in [0.2, 0.25) is 0 Å². The monoisotopic (exact) mass is 271 g/mol. The molecule has 3 N–H and O–H groups in total. The van der Waals surface area contributed by atoms with Gasteiger partial charge in [0.25, 0.3) is 5.91 Å². The third kappa shape index (κ3) is 3.55. The van der Waals surface area contributed by atoms with Crippen molar-refractivity contribution >= 4 is 23.6 Å². The molecular formula is C14H13N3O3. The number of benzene rings is 1. The van der Waals surface area contributed by atoms with E-state index in [1.54, 1.807) is 30.3 Å². The Kier molecular flexibility index (Phi) is 3.95. The van der Waals surface area contributed by atoms with Crippen LogP contribution in [0.15, 0.2) is 36.4 Å². The first kappa shape index (κ1) is 13.5. The molecule has 0 saturated heterocycles. The van der Waals surface area contributed by atoms with Crippen molar-refractivity contribution in [2.24, 2.45) is 0 Å². The molecule has 0 aliphatic heterocycles. The molecule has 6 heteroatoms. The van der Waals surface area contributed by atoms with Crippen LogP contribution < -0.4 is 5.32 Å². The van der Waals surface area contributed by atoms with Gasteiger partial charge in [0.1, 0.15) is 0 Å².